The summed E-state index contributed by atoms with van der Waals surface area (Å²) in [5.41, 5.74) is 5.15. The van der Waals surface area contributed by atoms with Crippen LogP contribution >= 0.6 is 23.2 Å². The molecule has 142 valence electrons. The third-order valence-electron chi connectivity index (χ3n) is 4.39. The first kappa shape index (κ1) is 19.1. The summed E-state index contributed by atoms with van der Waals surface area (Å²) >= 11 is 12.2. The Kier molecular flexibility index (Phi) is 5.56. The highest BCUT2D eigenvalue weighted by Crippen LogP contribution is 2.34. The van der Waals surface area contributed by atoms with Crippen molar-refractivity contribution in [2.24, 2.45) is 5.10 Å². The third-order valence-corrected chi connectivity index (χ3v) is 4.93. The van der Waals surface area contributed by atoms with Crippen LogP contribution in [0.5, 0.6) is 0 Å². The number of aromatic nitrogens is 1. The van der Waals surface area contributed by atoms with Crippen molar-refractivity contribution in [2.45, 2.75) is 0 Å². The summed E-state index contributed by atoms with van der Waals surface area (Å²) in [6.07, 6.45) is 1.54. The molecule has 4 rings (SSSR count). The zero-order chi connectivity index (χ0) is 20.2. The van der Waals surface area contributed by atoms with E-state index in [1.54, 1.807) is 30.5 Å². The topological polar surface area (TPSA) is 54.4 Å². The van der Waals surface area contributed by atoms with Gasteiger partial charge < -0.3 is 0 Å². The number of nitrogens with zero attached hydrogens (tertiary/aromatic N) is 2. The fourth-order valence-electron chi connectivity index (χ4n) is 3.05. The zero-order valence-corrected chi connectivity index (χ0v) is 16.7. The Morgan fingerprint density at radius 2 is 1.52 bits per heavy atom. The van der Waals surface area contributed by atoms with Gasteiger partial charge in [0.25, 0.3) is 5.91 Å². The molecule has 1 heterocycles. The van der Waals surface area contributed by atoms with Crippen molar-refractivity contribution in [1.29, 1.82) is 0 Å². The second kappa shape index (κ2) is 8.43. The van der Waals surface area contributed by atoms with Crippen molar-refractivity contribution in [3.63, 3.8) is 0 Å². The van der Waals surface area contributed by atoms with E-state index >= 15 is 0 Å². The predicted molar refractivity (Wildman–Crippen MR) is 119 cm³/mol. The van der Waals surface area contributed by atoms with E-state index in [0.717, 1.165) is 21.9 Å². The molecule has 29 heavy (non-hydrogen) atoms. The molecule has 0 radical (unpaired) electrons. The van der Waals surface area contributed by atoms with Crippen LogP contribution in [0.15, 0.2) is 84.0 Å². The second-order valence-electron chi connectivity index (χ2n) is 6.29. The highest BCUT2D eigenvalue weighted by Gasteiger charge is 2.19. The molecule has 6 heteroatoms. The maximum Gasteiger partial charge on any atom is 0.290 e. The number of halogens is 2. The second-order valence-corrected chi connectivity index (χ2v) is 7.08. The van der Waals surface area contributed by atoms with Crippen LogP contribution in [-0.4, -0.2) is 17.1 Å². The van der Waals surface area contributed by atoms with Crippen LogP contribution in [-0.2, 0) is 0 Å². The van der Waals surface area contributed by atoms with Gasteiger partial charge in [-0.25, -0.2) is 10.4 Å². The first-order chi connectivity index (χ1) is 14.1. The van der Waals surface area contributed by atoms with Gasteiger partial charge in [-0.05, 0) is 28.6 Å². The molecule has 4 aromatic rings. The van der Waals surface area contributed by atoms with E-state index in [-0.39, 0.29) is 10.8 Å². The summed E-state index contributed by atoms with van der Waals surface area (Å²) in [7, 11) is 0. The van der Waals surface area contributed by atoms with E-state index in [0.29, 0.717) is 10.6 Å². The summed E-state index contributed by atoms with van der Waals surface area (Å²) in [6.45, 7) is 0. The fourth-order valence-corrected chi connectivity index (χ4v) is 3.43. The number of pyridine rings is 1. The first-order valence-corrected chi connectivity index (χ1v) is 9.62. The molecule has 0 aliphatic rings. The smallest absolute Gasteiger partial charge is 0.266 e. The summed E-state index contributed by atoms with van der Waals surface area (Å²) < 4.78 is 0. The lowest BCUT2D eigenvalue weighted by Crippen LogP contribution is -2.20. The minimum Gasteiger partial charge on any atom is -0.266 e. The van der Waals surface area contributed by atoms with Gasteiger partial charge in [-0.15, -0.1) is 0 Å². The SMILES string of the molecule is O=C(N/N=C/c1ccc(Cl)cc1)c1nc(Cl)c2ccccc2c1-c1ccccc1. The van der Waals surface area contributed by atoms with E-state index < -0.39 is 5.91 Å². The van der Waals surface area contributed by atoms with Crippen LogP contribution in [0.3, 0.4) is 0 Å². The molecule has 1 amide bonds. The molecule has 0 saturated carbocycles. The normalized spacial score (nSPS) is 11.1. The average Bonchev–Trinajstić information content (AvgIpc) is 2.75. The lowest BCUT2D eigenvalue weighted by molar-refractivity contribution is 0.0951. The van der Waals surface area contributed by atoms with Gasteiger partial charge in [-0.1, -0.05) is 89.9 Å². The van der Waals surface area contributed by atoms with E-state index in [2.05, 4.69) is 15.5 Å². The van der Waals surface area contributed by atoms with E-state index in [4.69, 9.17) is 23.2 Å². The number of hydrogen-bond donors (Lipinski definition) is 1. The van der Waals surface area contributed by atoms with Crippen LogP contribution in [0.25, 0.3) is 21.9 Å². The predicted octanol–water partition coefficient (Wildman–Crippen LogP) is 5.97. The summed E-state index contributed by atoms with van der Waals surface area (Å²) in [5, 5.41) is 6.58. The molecular weight excluding hydrogens is 405 g/mol. The molecule has 0 bridgehead atoms. The molecule has 1 aromatic heterocycles. The van der Waals surface area contributed by atoms with Crippen LogP contribution in [0.4, 0.5) is 0 Å². The Balaban J connectivity index is 1.74. The maximum atomic E-state index is 12.9. The molecule has 3 aromatic carbocycles. The molecule has 0 saturated heterocycles. The van der Waals surface area contributed by atoms with Crippen LogP contribution in [0.1, 0.15) is 16.1 Å². The van der Waals surface area contributed by atoms with Crippen molar-refractivity contribution < 1.29 is 4.79 Å². The average molecular weight is 420 g/mol. The maximum absolute atomic E-state index is 12.9. The van der Waals surface area contributed by atoms with Gasteiger partial charge >= 0.3 is 0 Å². The molecule has 4 nitrogen and oxygen atoms in total. The molecule has 0 aliphatic heterocycles. The Labute approximate surface area is 177 Å². The number of rotatable bonds is 4. The fraction of sp³-hybridized carbons (Fsp3) is 0. The molecular formula is C23H15Cl2N3O. The number of nitrogens with one attached hydrogen (secondary N) is 1. The third kappa shape index (κ3) is 4.14. The lowest BCUT2D eigenvalue weighted by Gasteiger charge is -2.13. The molecule has 0 fully saturated rings. The van der Waals surface area contributed by atoms with Gasteiger partial charge in [0, 0.05) is 16.0 Å². The van der Waals surface area contributed by atoms with Crippen LogP contribution in [0, 0.1) is 0 Å². The zero-order valence-electron chi connectivity index (χ0n) is 15.1. The largest absolute Gasteiger partial charge is 0.290 e. The number of carbonyl (C=O) groups excluding carboxylic acids is 1. The van der Waals surface area contributed by atoms with E-state index in [9.17, 15) is 4.79 Å². The van der Waals surface area contributed by atoms with Gasteiger partial charge in [0.1, 0.15) is 10.8 Å². The van der Waals surface area contributed by atoms with Crippen LogP contribution < -0.4 is 5.43 Å². The summed E-state index contributed by atoms with van der Waals surface area (Å²) in [5.74, 6) is -0.443. The minimum absolute atomic E-state index is 0.216. The van der Waals surface area contributed by atoms with Crippen molar-refractivity contribution >= 4 is 46.1 Å². The van der Waals surface area contributed by atoms with Gasteiger partial charge in [0.2, 0.25) is 0 Å². The van der Waals surface area contributed by atoms with Crippen molar-refractivity contribution in [2.75, 3.05) is 0 Å². The van der Waals surface area contributed by atoms with Gasteiger partial charge in [-0.2, -0.15) is 5.10 Å². The van der Waals surface area contributed by atoms with E-state index in [1.807, 2.05) is 54.6 Å². The number of carbonyl (C=O) groups is 1. The monoisotopic (exact) mass is 419 g/mol. The number of hydrazone groups is 1. The molecule has 0 spiro atoms. The highest BCUT2D eigenvalue weighted by atomic mass is 35.5. The minimum atomic E-state index is -0.443. The number of hydrogen-bond acceptors (Lipinski definition) is 3. The number of benzene rings is 3. The summed E-state index contributed by atoms with van der Waals surface area (Å²) in [6, 6.07) is 24.4. The summed E-state index contributed by atoms with van der Waals surface area (Å²) in [4.78, 5) is 17.3. The van der Waals surface area contributed by atoms with E-state index in [1.165, 1.54) is 0 Å². The van der Waals surface area contributed by atoms with Crippen LogP contribution in [0.2, 0.25) is 10.2 Å². The molecule has 0 aliphatic carbocycles. The highest BCUT2D eigenvalue weighted by molar-refractivity contribution is 6.35. The lowest BCUT2D eigenvalue weighted by atomic mass is 9.97. The van der Waals surface area contributed by atoms with Crippen molar-refractivity contribution in [3.05, 3.63) is 100 Å². The Bertz CT molecular complexity index is 1210. The molecule has 0 unspecified atom stereocenters. The van der Waals surface area contributed by atoms with Crippen molar-refractivity contribution in [3.8, 4) is 11.1 Å². The van der Waals surface area contributed by atoms with Gasteiger partial charge in [0.05, 0.1) is 6.21 Å². The number of fused-ring (bicyclic) bond motifs is 1. The van der Waals surface area contributed by atoms with Gasteiger partial charge in [-0.3, -0.25) is 4.79 Å². The Morgan fingerprint density at radius 1 is 0.862 bits per heavy atom. The molecule has 0 atom stereocenters. The number of amides is 1. The van der Waals surface area contributed by atoms with Crippen molar-refractivity contribution in [1.82, 2.24) is 10.4 Å². The quantitative estimate of drug-likeness (QED) is 0.251. The first-order valence-electron chi connectivity index (χ1n) is 8.86. The Hall–Kier alpha value is -3.21. The molecule has 1 N–H and O–H groups in total. The standard InChI is InChI=1S/C23H15Cl2N3O/c24-17-12-10-15(11-13-17)14-26-28-23(29)21-20(16-6-2-1-3-7-16)18-8-4-5-9-19(18)22(25)27-21/h1-14H,(H,28,29)/b26-14+. The Morgan fingerprint density at radius 3 is 2.24 bits per heavy atom. The van der Waals surface area contributed by atoms with Gasteiger partial charge in [0.15, 0.2) is 0 Å².